The molecular weight excluding hydrogens is 306 g/mol. The molecule has 2 N–H and O–H groups in total. The van der Waals surface area contributed by atoms with Crippen molar-refractivity contribution in [2.45, 2.75) is 13.0 Å². The Bertz CT molecular complexity index is 708. The van der Waals surface area contributed by atoms with Crippen LogP contribution in [-0.4, -0.2) is 18.5 Å². The summed E-state index contributed by atoms with van der Waals surface area (Å²) in [6.45, 7) is 2.50. The van der Waals surface area contributed by atoms with Crippen LogP contribution in [0.5, 0.6) is 5.75 Å². The summed E-state index contributed by atoms with van der Waals surface area (Å²) in [5, 5.41) is 0. The van der Waals surface area contributed by atoms with Crippen molar-refractivity contribution in [3.8, 4) is 5.75 Å². The number of nitrogens with two attached hydrogens (primary N) is 1. The molecule has 2 aromatic rings. The molecule has 0 saturated heterocycles. The molecule has 2 aromatic carbocycles. The van der Waals surface area contributed by atoms with Gasteiger partial charge in [0.1, 0.15) is 5.75 Å². The number of carbonyl (C=O) groups excluding carboxylic acids is 2. The van der Waals surface area contributed by atoms with Gasteiger partial charge in [-0.25, -0.2) is 4.79 Å². The van der Waals surface area contributed by atoms with Crippen molar-refractivity contribution < 1.29 is 19.1 Å². The Morgan fingerprint density at radius 1 is 1.08 bits per heavy atom. The first-order valence-electron chi connectivity index (χ1n) is 7.56. The summed E-state index contributed by atoms with van der Waals surface area (Å²) >= 11 is 0. The van der Waals surface area contributed by atoms with Crippen molar-refractivity contribution in [3.63, 3.8) is 0 Å². The molecule has 124 valence electrons. The van der Waals surface area contributed by atoms with Crippen molar-refractivity contribution in [1.82, 2.24) is 0 Å². The molecular formula is C19H19NO4. The summed E-state index contributed by atoms with van der Waals surface area (Å²) in [6.07, 6.45) is 1.75. The highest BCUT2D eigenvalue weighted by Gasteiger charge is 2.21. The van der Waals surface area contributed by atoms with Gasteiger partial charge >= 0.3 is 5.97 Å². The number of rotatable bonds is 7. The summed E-state index contributed by atoms with van der Waals surface area (Å²) in [6, 6.07) is 15.9. The van der Waals surface area contributed by atoms with E-state index in [1.807, 2.05) is 31.2 Å². The van der Waals surface area contributed by atoms with Crippen LogP contribution in [-0.2, 0) is 14.3 Å². The summed E-state index contributed by atoms with van der Waals surface area (Å²) < 4.78 is 10.5. The molecule has 0 fully saturated rings. The summed E-state index contributed by atoms with van der Waals surface area (Å²) in [4.78, 5) is 23.4. The van der Waals surface area contributed by atoms with Crippen LogP contribution < -0.4 is 10.5 Å². The second-order valence-electron chi connectivity index (χ2n) is 4.97. The predicted molar refractivity (Wildman–Crippen MR) is 91.1 cm³/mol. The third-order valence-corrected chi connectivity index (χ3v) is 3.20. The standard InChI is InChI=1S/C19H19NO4/c1-2-23-16-11-8-14(9-12-16)10-13-17(21)24-18(19(20)22)15-6-4-3-5-7-15/h3-13,18H,2H2,1H3,(H2,20,22)/b13-10+. The Hall–Kier alpha value is -3.08. The van der Waals surface area contributed by atoms with E-state index >= 15 is 0 Å². The Labute approximate surface area is 140 Å². The van der Waals surface area contributed by atoms with Crippen LogP contribution in [0.25, 0.3) is 6.08 Å². The number of amides is 1. The number of esters is 1. The van der Waals surface area contributed by atoms with E-state index in [4.69, 9.17) is 15.2 Å². The first kappa shape index (κ1) is 17.3. The van der Waals surface area contributed by atoms with E-state index in [2.05, 4.69) is 0 Å². The van der Waals surface area contributed by atoms with E-state index in [1.54, 1.807) is 36.4 Å². The quantitative estimate of drug-likeness (QED) is 0.627. The molecule has 0 aliphatic carbocycles. The van der Waals surface area contributed by atoms with Crippen LogP contribution in [0, 0.1) is 0 Å². The minimum Gasteiger partial charge on any atom is -0.494 e. The maximum Gasteiger partial charge on any atom is 0.331 e. The summed E-state index contributed by atoms with van der Waals surface area (Å²) in [5.41, 5.74) is 6.66. The van der Waals surface area contributed by atoms with Gasteiger partial charge in [0.15, 0.2) is 0 Å². The highest BCUT2D eigenvalue weighted by molar-refractivity contribution is 5.90. The molecule has 0 heterocycles. The number of primary amides is 1. The Balaban J connectivity index is 2.01. The molecule has 24 heavy (non-hydrogen) atoms. The minimum absolute atomic E-state index is 0.535. The Morgan fingerprint density at radius 2 is 1.75 bits per heavy atom. The number of hydrogen-bond acceptors (Lipinski definition) is 4. The normalized spacial score (nSPS) is 11.9. The van der Waals surface area contributed by atoms with Gasteiger partial charge in [-0.15, -0.1) is 0 Å². The molecule has 1 unspecified atom stereocenters. The van der Waals surface area contributed by atoms with Gasteiger partial charge < -0.3 is 15.2 Å². The maximum absolute atomic E-state index is 11.9. The van der Waals surface area contributed by atoms with Gasteiger partial charge in [-0.3, -0.25) is 4.79 Å². The zero-order valence-corrected chi connectivity index (χ0v) is 13.3. The fourth-order valence-electron chi connectivity index (χ4n) is 2.08. The largest absolute Gasteiger partial charge is 0.494 e. The van der Waals surface area contributed by atoms with Crippen molar-refractivity contribution in [3.05, 3.63) is 71.8 Å². The van der Waals surface area contributed by atoms with Crippen molar-refractivity contribution >= 4 is 18.0 Å². The fraction of sp³-hybridized carbons (Fsp3) is 0.158. The van der Waals surface area contributed by atoms with Gasteiger partial charge in [0, 0.05) is 11.6 Å². The van der Waals surface area contributed by atoms with Gasteiger partial charge in [-0.05, 0) is 30.7 Å². The molecule has 0 spiro atoms. The van der Waals surface area contributed by atoms with Gasteiger partial charge in [0.25, 0.3) is 5.91 Å². The molecule has 5 heteroatoms. The van der Waals surface area contributed by atoms with Crippen molar-refractivity contribution in [1.29, 1.82) is 0 Å². The van der Waals surface area contributed by atoms with Crippen molar-refractivity contribution in [2.24, 2.45) is 5.73 Å². The van der Waals surface area contributed by atoms with E-state index in [9.17, 15) is 9.59 Å². The van der Waals surface area contributed by atoms with Gasteiger partial charge in [0.05, 0.1) is 6.61 Å². The predicted octanol–water partition coefficient (Wildman–Crippen LogP) is 2.87. The van der Waals surface area contributed by atoms with Gasteiger partial charge in [-0.1, -0.05) is 42.5 Å². The first-order valence-corrected chi connectivity index (χ1v) is 7.56. The van der Waals surface area contributed by atoms with E-state index in [1.165, 1.54) is 6.08 Å². The van der Waals surface area contributed by atoms with Crippen LogP contribution >= 0.6 is 0 Å². The molecule has 5 nitrogen and oxygen atoms in total. The Morgan fingerprint density at radius 3 is 2.33 bits per heavy atom. The van der Waals surface area contributed by atoms with Gasteiger partial charge in [0.2, 0.25) is 6.10 Å². The smallest absolute Gasteiger partial charge is 0.331 e. The average Bonchev–Trinajstić information content (AvgIpc) is 2.60. The molecule has 2 rings (SSSR count). The molecule has 0 aromatic heterocycles. The third-order valence-electron chi connectivity index (χ3n) is 3.20. The number of benzene rings is 2. The summed E-state index contributed by atoms with van der Waals surface area (Å²) in [5.74, 6) is -0.601. The van der Waals surface area contributed by atoms with E-state index < -0.39 is 18.0 Å². The minimum atomic E-state index is -1.11. The lowest BCUT2D eigenvalue weighted by atomic mass is 10.1. The average molecular weight is 325 g/mol. The molecule has 0 aliphatic rings. The van der Waals surface area contributed by atoms with E-state index in [0.717, 1.165) is 11.3 Å². The van der Waals surface area contributed by atoms with Crippen LogP contribution in [0.15, 0.2) is 60.7 Å². The maximum atomic E-state index is 11.9. The lowest BCUT2D eigenvalue weighted by molar-refractivity contribution is -0.150. The van der Waals surface area contributed by atoms with Crippen LogP contribution in [0.4, 0.5) is 0 Å². The SMILES string of the molecule is CCOc1ccc(/C=C/C(=O)OC(C(N)=O)c2ccccc2)cc1. The van der Waals surface area contributed by atoms with Crippen LogP contribution in [0.1, 0.15) is 24.2 Å². The second kappa shape index (κ2) is 8.53. The number of ether oxygens (including phenoxy) is 2. The molecule has 1 amide bonds. The van der Waals surface area contributed by atoms with Gasteiger partial charge in [-0.2, -0.15) is 0 Å². The second-order valence-corrected chi connectivity index (χ2v) is 4.97. The molecule has 0 saturated carbocycles. The van der Waals surface area contributed by atoms with Crippen molar-refractivity contribution in [2.75, 3.05) is 6.61 Å². The third kappa shape index (κ3) is 4.98. The highest BCUT2D eigenvalue weighted by Crippen LogP contribution is 2.17. The summed E-state index contributed by atoms with van der Waals surface area (Å²) in [7, 11) is 0. The monoisotopic (exact) mass is 325 g/mol. The van der Waals surface area contributed by atoms with E-state index in [0.29, 0.717) is 12.2 Å². The van der Waals surface area contributed by atoms with Crippen LogP contribution in [0.2, 0.25) is 0 Å². The van der Waals surface area contributed by atoms with E-state index in [-0.39, 0.29) is 0 Å². The zero-order valence-electron chi connectivity index (χ0n) is 13.3. The molecule has 1 atom stereocenters. The number of carbonyl (C=O) groups is 2. The Kier molecular flexibility index (Phi) is 6.14. The highest BCUT2D eigenvalue weighted by atomic mass is 16.5. The van der Waals surface area contributed by atoms with Crippen LogP contribution in [0.3, 0.4) is 0 Å². The number of hydrogen-bond donors (Lipinski definition) is 1. The lowest BCUT2D eigenvalue weighted by Gasteiger charge is -2.13. The zero-order chi connectivity index (χ0) is 17.4. The lowest BCUT2D eigenvalue weighted by Crippen LogP contribution is -2.25. The fourth-order valence-corrected chi connectivity index (χ4v) is 2.08. The molecule has 0 bridgehead atoms. The molecule has 0 aliphatic heterocycles. The topological polar surface area (TPSA) is 78.6 Å². The molecule has 0 radical (unpaired) electrons. The first-order chi connectivity index (χ1) is 11.6.